The molecule has 2 aromatic carbocycles. The van der Waals surface area contributed by atoms with Gasteiger partial charge in [0.05, 0.1) is 59.2 Å². The molecule has 0 aromatic heterocycles. The predicted octanol–water partition coefficient (Wildman–Crippen LogP) is 0.436. The van der Waals surface area contributed by atoms with Crippen LogP contribution in [0.5, 0.6) is 23.0 Å². The van der Waals surface area contributed by atoms with Crippen molar-refractivity contribution in [2.45, 2.75) is 55.4 Å². The Morgan fingerprint density at radius 2 is 1.63 bits per heavy atom. The third-order valence-electron chi connectivity index (χ3n) is 11.4. The van der Waals surface area contributed by atoms with Gasteiger partial charge in [0.2, 0.25) is 0 Å². The summed E-state index contributed by atoms with van der Waals surface area (Å²) >= 11 is 0. The number of aromatic hydroxyl groups is 4. The number of carbonyl (C=O) groups is 2. The van der Waals surface area contributed by atoms with Gasteiger partial charge in [-0.1, -0.05) is 0 Å². The number of fused-ring (bicyclic) bond motifs is 10. The number of rotatable bonds is 10. The van der Waals surface area contributed by atoms with Crippen LogP contribution in [0.25, 0.3) is 5.57 Å². The topological polar surface area (TPSA) is 282 Å². The van der Waals surface area contributed by atoms with Gasteiger partial charge in [-0.2, -0.15) is 0 Å². The zero-order valence-electron chi connectivity index (χ0n) is 29.1. The monoisotopic (exact) mass is 723 g/mol. The van der Waals surface area contributed by atoms with Crippen LogP contribution >= 0.6 is 0 Å². The molecule has 2 amide bonds. The number of hydrogen-bond donors (Lipinski definition) is 9. The Morgan fingerprint density at radius 1 is 0.962 bits per heavy atom. The van der Waals surface area contributed by atoms with Crippen molar-refractivity contribution < 1.29 is 49.0 Å². The molecule has 4 saturated heterocycles. The Labute approximate surface area is 297 Å². The van der Waals surface area contributed by atoms with E-state index in [0.717, 1.165) is 6.26 Å². The number of primary amides is 2. The van der Waals surface area contributed by atoms with Crippen LogP contribution in [0, 0.1) is 13.8 Å². The van der Waals surface area contributed by atoms with Gasteiger partial charge in [-0.05, 0) is 13.8 Å². The molecule has 7 atom stereocenters. The van der Waals surface area contributed by atoms with E-state index < -0.39 is 29.6 Å². The molecule has 8 rings (SSSR count). The highest BCUT2D eigenvalue weighted by Crippen LogP contribution is 2.65. The van der Waals surface area contributed by atoms with Crippen LogP contribution in [0.15, 0.2) is 11.3 Å². The molecular formula is C33H41N9O10. The lowest BCUT2D eigenvalue weighted by Crippen LogP contribution is -2.54. The molecule has 0 saturated carbocycles. The maximum Gasteiger partial charge on any atom is 0.409 e. The highest BCUT2D eigenvalue weighted by atomic mass is 16.6. The summed E-state index contributed by atoms with van der Waals surface area (Å²) in [4.78, 5) is 33.2. The average molecular weight is 724 g/mol. The first-order chi connectivity index (χ1) is 24.7. The van der Waals surface area contributed by atoms with Crippen molar-refractivity contribution in [1.82, 2.24) is 15.5 Å². The fraction of sp³-hybridized carbons (Fsp3) is 0.485. The van der Waals surface area contributed by atoms with Crippen molar-refractivity contribution in [3.63, 3.8) is 0 Å². The van der Waals surface area contributed by atoms with E-state index in [0.29, 0.717) is 46.7 Å². The Kier molecular flexibility index (Phi) is 7.34. The number of nitrogens with two attached hydrogens (primary N) is 2. The minimum Gasteiger partial charge on any atom is -0.505 e. The number of carbonyl (C=O) groups excluding carboxylic acids is 2. The largest absolute Gasteiger partial charge is 0.505 e. The second kappa shape index (κ2) is 11.3. The molecule has 2 aromatic rings. The van der Waals surface area contributed by atoms with Crippen molar-refractivity contribution in [3.8, 4) is 23.0 Å². The summed E-state index contributed by atoms with van der Waals surface area (Å²) < 4.78 is 22.4. The third kappa shape index (κ3) is 4.30. The summed E-state index contributed by atoms with van der Waals surface area (Å²) in [5.74, 6) is -1.31. The molecular weight excluding hydrogens is 682 g/mol. The molecule has 0 bridgehead atoms. The Morgan fingerprint density at radius 3 is 2.31 bits per heavy atom. The second-order valence-electron chi connectivity index (χ2n) is 13.9. The SMILES string of the molecule is CO[C@@]12[C@H](COC(N)=O)c3c(O)c(N=CN(C)CNc4c(C)c(O)c5c(c4O)C(=COC(N)=O)[C@@]4(OC)C6N[C@H]6CN54)c(C)c(O)c3N1C[C@@H]1N[C@@H]12. The van der Waals surface area contributed by atoms with Gasteiger partial charge in [-0.15, -0.1) is 0 Å². The van der Waals surface area contributed by atoms with E-state index in [1.54, 1.807) is 25.8 Å². The number of nitrogens with zero attached hydrogens (tertiary/aromatic N) is 4. The quantitative estimate of drug-likeness (QED) is 0.0306. The summed E-state index contributed by atoms with van der Waals surface area (Å²) in [7, 11) is 4.72. The molecule has 0 aliphatic carbocycles. The van der Waals surface area contributed by atoms with Gasteiger partial charge in [-0.25, -0.2) is 14.6 Å². The van der Waals surface area contributed by atoms with Gasteiger partial charge in [0.15, 0.2) is 11.4 Å². The first kappa shape index (κ1) is 33.8. The van der Waals surface area contributed by atoms with Crippen molar-refractivity contribution in [2.75, 3.05) is 62.7 Å². The van der Waals surface area contributed by atoms with E-state index >= 15 is 0 Å². The maximum absolute atomic E-state index is 11.7. The molecule has 6 heterocycles. The molecule has 0 spiro atoms. The number of hydrogen-bond acceptors (Lipinski definition) is 16. The molecule has 4 fully saturated rings. The number of nitrogens with one attached hydrogen (secondary N) is 3. The Balaban J connectivity index is 1.09. The average Bonchev–Trinajstić information content (AvgIpc) is 3.94. The second-order valence-corrected chi connectivity index (χ2v) is 13.9. The smallest absolute Gasteiger partial charge is 0.409 e. The fourth-order valence-electron chi connectivity index (χ4n) is 9.01. The molecule has 6 aliphatic heterocycles. The molecule has 0 radical (unpaired) electrons. The van der Waals surface area contributed by atoms with Gasteiger partial charge in [0, 0.05) is 63.1 Å². The maximum atomic E-state index is 11.7. The molecule has 11 N–H and O–H groups in total. The highest BCUT2D eigenvalue weighted by molar-refractivity contribution is 6.01. The van der Waals surface area contributed by atoms with Crippen molar-refractivity contribution >= 4 is 46.8 Å². The third-order valence-corrected chi connectivity index (χ3v) is 11.4. The molecule has 6 aliphatic rings. The highest BCUT2D eigenvalue weighted by Gasteiger charge is 2.72. The summed E-state index contributed by atoms with van der Waals surface area (Å²) in [6.07, 6.45) is 0.542. The van der Waals surface area contributed by atoms with Gasteiger partial charge < -0.3 is 81.5 Å². The summed E-state index contributed by atoms with van der Waals surface area (Å²) in [5, 5.41) is 56.2. The van der Waals surface area contributed by atoms with Gasteiger partial charge in [0.25, 0.3) is 0 Å². The van der Waals surface area contributed by atoms with E-state index in [-0.39, 0.29) is 77.4 Å². The van der Waals surface area contributed by atoms with Crippen molar-refractivity contribution in [3.05, 3.63) is 28.5 Å². The number of aliphatic imine (C=N–C) groups is 1. The van der Waals surface area contributed by atoms with E-state index in [2.05, 4.69) is 20.9 Å². The molecule has 19 nitrogen and oxygen atoms in total. The van der Waals surface area contributed by atoms with E-state index in [1.807, 2.05) is 9.80 Å². The molecule has 52 heavy (non-hydrogen) atoms. The summed E-state index contributed by atoms with van der Waals surface area (Å²) in [5.41, 5.74) is 11.0. The number of ether oxygens (including phenoxy) is 4. The van der Waals surface area contributed by atoms with Crippen LogP contribution in [0.2, 0.25) is 0 Å². The number of amides is 2. The van der Waals surface area contributed by atoms with Crippen LogP contribution in [-0.4, -0.2) is 127 Å². The number of piperazine rings is 2. The van der Waals surface area contributed by atoms with Crippen LogP contribution in [0.1, 0.15) is 28.2 Å². The van der Waals surface area contributed by atoms with Gasteiger partial charge >= 0.3 is 12.2 Å². The zero-order chi connectivity index (χ0) is 37.2. The number of anilines is 3. The van der Waals surface area contributed by atoms with Crippen LogP contribution in [0.3, 0.4) is 0 Å². The fourth-order valence-corrected chi connectivity index (χ4v) is 9.01. The van der Waals surface area contributed by atoms with E-state index in [4.69, 9.17) is 30.4 Å². The normalized spacial score (nSPS) is 30.5. The molecule has 278 valence electrons. The lowest BCUT2D eigenvalue weighted by Gasteiger charge is -2.38. The predicted molar refractivity (Wildman–Crippen MR) is 186 cm³/mol. The van der Waals surface area contributed by atoms with Gasteiger partial charge in [0.1, 0.15) is 41.6 Å². The Hall–Kier alpha value is -5.37. The number of methoxy groups -OCH3 is 2. The van der Waals surface area contributed by atoms with Crippen LogP contribution < -0.4 is 37.2 Å². The van der Waals surface area contributed by atoms with Crippen LogP contribution in [0.4, 0.5) is 32.3 Å². The minimum atomic E-state index is -1.16. The summed E-state index contributed by atoms with van der Waals surface area (Å²) in [6, 6.07) is -0.139. The Bertz CT molecular complexity index is 1990. The van der Waals surface area contributed by atoms with Crippen molar-refractivity contribution in [1.29, 1.82) is 0 Å². The van der Waals surface area contributed by atoms with Crippen molar-refractivity contribution in [2.24, 2.45) is 16.5 Å². The number of phenolic OH excluding ortho intramolecular Hbond substituents is 4. The zero-order valence-corrected chi connectivity index (χ0v) is 29.1. The standard InChI is InChI=1S/C33H41N9O10/c1-12-20(26(45)18-14(8-51-30(34)47)32(49-4)28-16(38-28)6-41(32)22(18)24(12)43)36-10-40(3)11-37-21-13(2)25(44)23-19(27(21)46)15(9-52-31(35)48)33(50-5)29-17(39-29)7-42(23)33/h8,11,15-17,28-29,36,38-39,43-46H,6-7,9-10H2,1-5H3,(H2,34,47)(H2,35,48)/t15-,16+,17+,28?,29+,32-,33-/m1/s1. The minimum absolute atomic E-state index is 0.0550. The van der Waals surface area contributed by atoms with E-state index in [9.17, 15) is 30.0 Å². The first-order valence-corrected chi connectivity index (χ1v) is 16.7. The van der Waals surface area contributed by atoms with Gasteiger partial charge in [-0.3, -0.25) is 0 Å². The first-order valence-electron chi connectivity index (χ1n) is 16.7. The molecule has 1 unspecified atom stereocenters. The summed E-state index contributed by atoms with van der Waals surface area (Å²) in [6.45, 7) is 4.12. The lowest BCUT2D eigenvalue weighted by molar-refractivity contribution is -0.0337. The number of phenols is 4. The lowest BCUT2D eigenvalue weighted by atomic mass is 9.88. The number of benzene rings is 2. The van der Waals surface area contributed by atoms with E-state index in [1.165, 1.54) is 20.6 Å². The van der Waals surface area contributed by atoms with Crippen LogP contribution in [-0.2, 0) is 18.9 Å². The molecule has 19 heteroatoms.